The molecule has 2 rings (SSSR count). The number of hydrogen-bond acceptors (Lipinski definition) is 3. The predicted molar refractivity (Wildman–Crippen MR) is 82.1 cm³/mol. The van der Waals surface area contributed by atoms with E-state index >= 15 is 0 Å². The van der Waals surface area contributed by atoms with Crippen molar-refractivity contribution in [2.45, 2.75) is 26.3 Å². The molecule has 0 fully saturated rings. The van der Waals surface area contributed by atoms with Gasteiger partial charge < -0.3 is 10.1 Å². The molecule has 1 unspecified atom stereocenters. The van der Waals surface area contributed by atoms with Crippen LogP contribution in [0.25, 0.3) is 0 Å². The number of benzene rings is 1. The van der Waals surface area contributed by atoms with Crippen LogP contribution in [0.3, 0.4) is 0 Å². The molecule has 3 nitrogen and oxygen atoms in total. The van der Waals surface area contributed by atoms with Crippen molar-refractivity contribution in [1.82, 2.24) is 10.3 Å². The van der Waals surface area contributed by atoms with Gasteiger partial charge in [-0.15, -0.1) is 0 Å². The van der Waals surface area contributed by atoms with Crippen LogP contribution in [0.4, 0.5) is 0 Å². The molecule has 2 aromatic rings. The van der Waals surface area contributed by atoms with Crippen molar-refractivity contribution < 1.29 is 4.74 Å². The molecule has 0 amide bonds. The largest absolute Gasteiger partial charge is 0.496 e. The number of methoxy groups -OCH3 is 1. The topological polar surface area (TPSA) is 34.1 Å². The third kappa shape index (κ3) is 3.58. The smallest absolute Gasteiger partial charge is 0.122 e. The maximum atomic E-state index is 5.48. The van der Waals surface area contributed by atoms with Gasteiger partial charge in [0.2, 0.25) is 0 Å². The first-order valence-corrected chi connectivity index (χ1v) is 7.01. The summed E-state index contributed by atoms with van der Waals surface area (Å²) in [6.45, 7) is 5.17. The van der Waals surface area contributed by atoms with Crippen LogP contribution < -0.4 is 10.1 Å². The Hall–Kier alpha value is -1.87. The summed E-state index contributed by atoms with van der Waals surface area (Å²) in [7, 11) is 1.73. The minimum absolute atomic E-state index is 0.277. The van der Waals surface area contributed by atoms with Crippen molar-refractivity contribution >= 4 is 0 Å². The van der Waals surface area contributed by atoms with Gasteiger partial charge in [0.25, 0.3) is 0 Å². The molecule has 1 heterocycles. The molecule has 1 aromatic heterocycles. The molecular weight excluding hydrogens is 248 g/mol. The van der Waals surface area contributed by atoms with Gasteiger partial charge in [-0.3, -0.25) is 4.98 Å². The Morgan fingerprint density at radius 2 is 1.95 bits per heavy atom. The number of nitrogens with one attached hydrogen (secondary N) is 1. The quantitative estimate of drug-likeness (QED) is 0.874. The van der Waals surface area contributed by atoms with Crippen molar-refractivity contribution in [2.24, 2.45) is 0 Å². The fourth-order valence-electron chi connectivity index (χ4n) is 2.44. The Morgan fingerprint density at radius 3 is 2.60 bits per heavy atom. The molecule has 106 valence electrons. The second-order valence-electron chi connectivity index (χ2n) is 4.91. The van der Waals surface area contributed by atoms with E-state index in [1.54, 1.807) is 7.11 Å². The van der Waals surface area contributed by atoms with Gasteiger partial charge in [-0.2, -0.15) is 0 Å². The summed E-state index contributed by atoms with van der Waals surface area (Å²) < 4.78 is 5.48. The zero-order valence-electron chi connectivity index (χ0n) is 12.4. The number of likely N-dealkylation sites (N-methyl/N-ethyl adjacent to an activating group) is 1. The maximum Gasteiger partial charge on any atom is 0.122 e. The lowest BCUT2D eigenvalue weighted by Gasteiger charge is -2.20. The Bertz CT molecular complexity index is 540. The van der Waals surface area contributed by atoms with Gasteiger partial charge >= 0.3 is 0 Å². The fourth-order valence-corrected chi connectivity index (χ4v) is 2.44. The van der Waals surface area contributed by atoms with Crippen LogP contribution in [-0.2, 0) is 6.42 Å². The lowest BCUT2D eigenvalue weighted by molar-refractivity contribution is 0.405. The van der Waals surface area contributed by atoms with E-state index in [2.05, 4.69) is 48.4 Å². The van der Waals surface area contributed by atoms with Crippen molar-refractivity contribution in [3.8, 4) is 5.75 Å². The molecule has 20 heavy (non-hydrogen) atoms. The Morgan fingerprint density at radius 1 is 1.20 bits per heavy atom. The highest BCUT2D eigenvalue weighted by Crippen LogP contribution is 2.26. The number of hydrogen-bond donors (Lipinski definition) is 1. The van der Waals surface area contributed by atoms with Gasteiger partial charge in [0.15, 0.2) is 0 Å². The number of ether oxygens (including phenoxy) is 1. The van der Waals surface area contributed by atoms with E-state index in [0.29, 0.717) is 0 Å². The van der Waals surface area contributed by atoms with Gasteiger partial charge in [0.05, 0.1) is 7.11 Å². The average Bonchev–Trinajstić information content (AvgIpc) is 2.48. The first kappa shape index (κ1) is 14.5. The van der Waals surface area contributed by atoms with Gasteiger partial charge in [0, 0.05) is 18.4 Å². The van der Waals surface area contributed by atoms with Crippen molar-refractivity contribution in [1.29, 1.82) is 0 Å². The van der Waals surface area contributed by atoms with Gasteiger partial charge in [-0.05, 0) is 49.2 Å². The zero-order chi connectivity index (χ0) is 14.4. The van der Waals surface area contributed by atoms with E-state index in [1.807, 2.05) is 18.5 Å². The molecule has 1 aromatic carbocycles. The van der Waals surface area contributed by atoms with E-state index in [-0.39, 0.29) is 6.04 Å². The second-order valence-corrected chi connectivity index (χ2v) is 4.91. The molecule has 0 saturated carbocycles. The normalized spacial score (nSPS) is 12.2. The standard InChI is InChI=1S/C17H22N2O/c1-4-19-16(14-7-9-18-10-8-14)12-15-11-13(2)5-6-17(15)20-3/h5-11,16,19H,4,12H2,1-3H3. The SMILES string of the molecule is CCNC(Cc1cc(C)ccc1OC)c1ccncc1. The van der Waals surface area contributed by atoms with Gasteiger partial charge in [-0.1, -0.05) is 24.6 Å². The highest BCUT2D eigenvalue weighted by atomic mass is 16.5. The highest BCUT2D eigenvalue weighted by molar-refractivity contribution is 5.38. The van der Waals surface area contributed by atoms with E-state index < -0.39 is 0 Å². The molecule has 0 bridgehead atoms. The molecule has 0 aliphatic heterocycles. The average molecular weight is 270 g/mol. The van der Waals surface area contributed by atoms with Crippen molar-refractivity contribution in [2.75, 3.05) is 13.7 Å². The van der Waals surface area contributed by atoms with E-state index in [4.69, 9.17) is 4.74 Å². The van der Waals surface area contributed by atoms with Crippen molar-refractivity contribution in [3.63, 3.8) is 0 Å². The third-order valence-electron chi connectivity index (χ3n) is 3.42. The molecule has 0 saturated heterocycles. The Labute approximate surface area is 121 Å². The lowest BCUT2D eigenvalue weighted by atomic mass is 9.98. The van der Waals surface area contributed by atoms with Crippen LogP contribution in [0.15, 0.2) is 42.7 Å². The molecule has 0 aliphatic rings. The number of aromatic nitrogens is 1. The molecule has 1 atom stereocenters. The lowest BCUT2D eigenvalue weighted by Crippen LogP contribution is -2.23. The summed E-state index contributed by atoms with van der Waals surface area (Å²) in [5.74, 6) is 0.951. The molecule has 0 aliphatic carbocycles. The van der Waals surface area contributed by atoms with Gasteiger partial charge in [0.1, 0.15) is 5.75 Å². The molecule has 0 radical (unpaired) electrons. The summed E-state index contributed by atoms with van der Waals surface area (Å²) >= 11 is 0. The first-order chi connectivity index (χ1) is 9.74. The van der Waals surface area contributed by atoms with Crippen LogP contribution in [0.2, 0.25) is 0 Å². The summed E-state index contributed by atoms with van der Waals surface area (Å²) in [6, 6.07) is 10.7. The van der Waals surface area contributed by atoms with Gasteiger partial charge in [-0.25, -0.2) is 0 Å². The highest BCUT2D eigenvalue weighted by Gasteiger charge is 2.14. The first-order valence-electron chi connectivity index (χ1n) is 7.01. The molecule has 1 N–H and O–H groups in total. The van der Waals surface area contributed by atoms with Crippen LogP contribution >= 0.6 is 0 Å². The zero-order valence-corrected chi connectivity index (χ0v) is 12.4. The second kappa shape index (κ2) is 7.06. The third-order valence-corrected chi connectivity index (χ3v) is 3.42. The van der Waals surface area contributed by atoms with Crippen LogP contribution in [-0.4, -0.2) is 18.6 Å². The molecule has 0 spiro atoms. The Balaban J connectivity index is 2.26. The van der Waals surface area contributed by atoms with Crippen LogP contribution in [0, 0.1) is 6.92 Å². The Kier molecular flexibility index (Phi) is 5.13. The van der Waals surface area contributed by atoms with Crippen molar-refractivity contribution in [3.05, 3.63) is 59.4 Å². The minimum Gasteiger partial charge on any atom is -0.496 e. The van der Waals surface area contributed by atoms with E-state index in [0.717, 1.165) is 18.7 Å². The predicted octanol–water partition coefficient (Wildman–Crippen LogP) is 3.29. The fraction of sp³-hybridized carbons (Fsp3) is 0.353. The minimum atomic E-state index is 0.277. The van der Waals surface area contributed by atoms with Crippen LogP contribution in [0.1, 0.15) is 29.7 Å². The van der Waals surface area contributed by atoms with E-state index in [9.17, 15) is 0 Å². The molecule has 3 heteroatoms. The summed E-state index contributed by atoms with van der Waals surface area (Å²) in [6.07, 6.45) is 4.59. The molecular formula is C17H22N2O. The monoisotopic (exact) mass is 270 g/mol. The number of nitrogens with zero attached hydrogens (tertiary/aromatic N) is 1. The number of aryl methyl sites for hydroxylation is 1. The summed E-state index contributed by atoms with van der Waals surface area (Å²) in [5.41, 5.74) is 3.74. The number of rotatable bonds is 6. The number of pyridine rings is 1. The summed E-state index contributed by atoms with van der Waals surface area (Å²) in [5, 5.41) is 3.53. The maximum absolute atomic E-state index is 5.48. The van der Waals surface area contributed by atoms with E-state index in [1.165, 1.54) is 16.7 Å². The van der Waals surface area contributed by atoms with Crippen LogP contribution in [0.5, 0.6) is 5.75 Å². The summed E-state index contributed by atoms with van der Waals surface area (Å²) in [4.78, 5) is 4.09.